The summed E-state index contributed by atoms with van der Waals surface area (Å²) in [7, 11) is 1.50. The number of hydrogen-bond acceptors (Lipinski definition) is 4. The predicted molar refractivity (Wildman–Crippen MR) is 113 cm³/mol. The van der Waals surface area contributed by atoms with E-state index in [1.807, 2.05) is 18.2 Å². The summed E-state index contributed by atoms with van der Waals surface area (Å²) in [4.78, 5) is 36.1. The molecule has 0 saturated carbocycles. The van der Waals surface area contributed by atoms with E-state index in [4.69, 9.17) is 4.74 Å². The molecule has 0 bridgehead atoms. The zero-order valence-electron chi connectivity index (χ0n) is 16.8. The van der Waals surface area contributed by atoms with E-state index in [1.54, 1.807) is 18.2 Å². The Balaban J connectivity index is 1.61. The molecule has 2 aromatic rings. The van der Waals surface area contributed by atoms with Crippen molar-refractivity contribution in [2.75, 3.05) is 17.7 Å². The molecule has 6 nitrogen and oxygen atoms in total. The highest BCUT2D eigenvalue weighted by atomic mass is 16.5. The lowest BCUT2D eigenvalue weighted by molar-refractivity contribution is -0.116. The second-order valence-corrected chi connectivity index (χ2v) is 7.26. The smallest absolute Gasteiger partial charge is 0.224 e. The van der Waals surface area contributed by atoms with Crippen LogP contribution in [0.5, 0.6) is 5.75 Å². The van der Waals surface area contributed by atoms with Crippen LogP contribution in [0, 0.1) is 0 Å². The number of carbonyl (C=O) groups is 3. The molecule has 0 aromatic heterocycles. The van der Waals surface area contributed by atoms with Crippen molar-refractivity contribution in [3.8, 4) is 5.75 Å². The summed E-state index contributed by atoms with van der Waals surface area (Å²) in [5.74, 6) is -0.0429. The van der Waals surface area contributed by atoms with E-state index in [-0.39, 0.29) is 30.4 Å². The fourth-order valence-corrected chi connectivity index (χ4v) is 3.58. The van der Waals surface area contributed by atoms with Gasteiger partial charge in [0.15, 0.2) is 5.78 Å². The van der Waals surface area contributed by atoms with Gasteiger partial charge in [-0.2, -0.15) is 0 Å². The molecule has 2 N–H and O–H groups in total. The Bertz CT molecular complexity index is 936. The lowest BCUT2D eigenvalue weighted by atomic mass is 9.89. The van der Waals surface area contributed by atoms with Crippen LogP contribution in [0.2, 0.25) is 0 Å². The molecular formula is C23H26N2O4. The van der Waals surface area contributed by atoms with Gasteiger partial charge < -0.3 is 15.4 Å². The maximum Gasteiger partial charge on any atom is 0.224 e. The minimum absolute atomic E-state index is 0.0347. The highest BCUT2D eigenvalue weighted by Gasteiger charge is 2.15. The molecule has 1 aliphatic carbocycles. The molecule has 0 atom stereocenters. The topological polar surface area (TPSA) is 84.5 Å². The molecule has 0 aliphatic heterocycles. The lowest BCUT2D eigenvalue weighted by Crippen LogP contribution is -2.15. The van der Waals surface area contributed by atoms with Gasteiger partial charge >= 0.3 is 0 Å². The molecule has 29 heavy (non-hydrogen) atoms. The quantitative estimate of drug-likeness (QED) is 0.692. The first-order valence-electron chi connectivity index (χ1n) is 9.87. The number of nitrogens with one attached hydrogen (secondary N) is 2. The van der Waals surface area contributed by atoms with Gasteiger partial charge in [0.2, 0.25) is 11.8 Å². The van der Waals surface area contributed by atoms with Crippen molar-refractivity contribution in [3.05, 3.63) is 53.1 Å². The third-order valence-corrected chi connectivity index (χ3v) is 5.04. The van der Waals surface area contributed by atoms with Crippen LogP contribution in [0.4, 0.5) is 11.4 Å². The summed E-state index contributed by atoms with van der Waals surface area (Å²) in [6.45, 7) is 1.41. The van der Waals surface area contributed by atoms with E-state index in [0.717, 1.165) is 19.3 Å². The summed E-state index contributed by atoms with van der Waals surface area (Å²) in [5, 5.41) is 5.43. The minimum Gasteiger partial charge on any atom is -0.495 e. The SMILES string of the molecule is COc1ccc(NC(C)=O)cc1NC(=O)CCC(=O)c1ccc2c(c1)CCCC2. The van der Waals surface area contributed by atoms with E-state index in [0.29, 0.717) is 22.7 Å². The fourth-order valence-electron chi connectivity index (χ4n) is 3.58. The Labute approximate surface area is 170 Å². The lowest BCUT2D eigenvalue weighted by Gasteiger charge is -2.16. The van der Waals surface area contributed by atoms with Gasteiger partial charge in [-0.3, -0.25) is 14.4 Å². The average Bonchev–Trinajstić information content (AvgIpc) is 2.71. The van der Waals surface area contributed by atoms with Crippen LogP contribution in [0.15, 0.2) is 36.4 Å². The minimum atomic E-state index is -0.283. The van der Waals surface area contributed by atoms with Gasteiger partial charge in [-0.15, -0.1) is 0 Å². The van der Waals surface area contributed by atoms with Gasteiger partial charge in [-0.1, -0.05) is 12.1 Å². The fraction of sp³-hybridized carbons (Fsp3) is 0.348. The number of anilines is 2. The summed E-state index contributed by atoms with van der Waals surface area (Å²) in [5.41, 5.74) is 4.26. The van der Waals surface area contributed by atoms with Crippen LogP contribution < -0.4 is 15.4 Å². The third-order valence-electron chi connectivity index (χ3n) is 5.04. The van der Waals surface area contributed by atoms with Crippen molar-refractivity contribution in [3.63, 3.8) is 0 Å². The number of methoxy groups -OCH3 is 1. The predicted octanol–water partition coefficient (Wildman–Crippen LogP) is 4.13. The van der Waals surface area contributed by atoms with E-state index in [2.05, 4.69) is 10.6 Å². The number of aryl methyl sites for hydroxylation is 2. The molecule has 152 valence electrons. The number of ether oxygens (including phenoxy) is 1. The average molecular weight is 394 g/mol. The molecule has 0 heterocycles. The van der Waals surface area contributed by atoms with E-state index < -0.39 is 0 Å². The van der Waals surface area contributed by atoms with Crippen LogP contribution >= 0.6 is 0 Å². The first-order valence-corrected chi connectivity index (χ1v) is 9.87. The summed E-state index contributed by atoms with van der Waals surface area (Å²) >= 11 is 0. The van der Waals surface area contributed by atoms with Crippen LogP contribution in [-0.2, 0) is 22.4 Å². The zero-order chi connectivity index (χ0) is 20.8. The number of benzene rings is 2. The van der Waals surface area contributed by atoms with Gasteiger partial charge in [0.05, 0.1) is 12.8 Å². The van der Waals surface area contributed by atoms with Crippen LogP contribution in [0.25, 0.3) is 0 Å². The highest BCUT2D eigenvalue weighted by Crippen LogP contribution is 2.28. The van der Waals surface area contributed by atoms with Gasteiger partial charge in [0.25, 0.3) is 0 Å². The molecule has 0 fully saturated rings. The Morgan fingerprint density at radius 2 is 1.69 bits per heavy atom. The molecular weight excluding hydrogens is 368 g/mol. The number of amides is 2. The van der Waals surface area contributed by atoms with Gasteiger partial charge in [0, 0.05) is 31.0 Å². The number of ketones is 1. The normalized spacial score (nSPS) is 12.6. The maximum absolute atomic E-state index is 12.5. The van der Waals surface area contributed by atoms with Crippen molar-refractivity contribution < 1.29 is 19.1 Å². The largest absolute Gasteiger partial charge is 0.495 e. The summed E-state index contributed by atoms with van der Waals surface area (Å²) < 4.78 is 5.26. The number of Topliss-reactive ketones (excluding diaryl/α,β-unsaturated/α-hetero) is 1. The van der Waals surface area contributed by atoms with Crippen molar-refractivity contribution in [2.45, 2.75) is 45.4 Å². The van der Waals surface area contributed by atoms with Crippen molar-refractivity contribution in [1.82, 2.24) is 0 Å². The third kappa shape index (κ3) is 5.44. The van der Waals surface area contributed by atoms with Crippen LogP contribution in [-0.4, -0.2) is 24.7 Å². The molecule has 0 saturated heterocycles. The van der Waals surface area contributed by atoms with Crippen molar-refractivity contribution >= 4 is 29.0 Å². The molecule has 0 radical (unpaired) electrons. The molecule has 1 aliphatic rings. The molecule has 2 amide bonds. The Hall–Kier alpha value is -3.15. The zero-order valence-corrected chi connectivity index (χ0v) is 16.8. The summed E-state index contributed by atoms with van der Waals surface area (Å²) in [6, 6.07) is 10.9. The maximum atomic E-state index is 12.5. The van der Waals surface area contributed by atoms with Crippen molar-refractivity contribution in [1.29, 1.82) is 0 Å². The van der Waals surface area contributed by atoms with Crippen molar-refractivity contribution in [2.24, 2.45) is 0 Å². The van der Waals surface area contributed by atoms with Gasteiger partial charge in [0.1, 0.15) is 5.75 Å². The Kier molecular flexibility index (Phi) is 6.65. The highest BCUT2D eigenvalue weighted by molar-refractivity contribution is 6.01. The second-order valence-electron chi connectivity index (χ2n) is 7.26. The second kappa shape index (κ2) is 9.37. The molecule has 0 spiro atoms. The monoisotopic (exact) mass is 394 g/mol. The first-order chi connectivity index (χ1) is 14.0. The number of carbonyl (C=O) groups excluding carboxylic acids is 3. The Morgan fingerprint density at radius 3 is 2.41 bits per heavy atom. The molecule has 2 aromatic carbocycles. The van der Waals surface area contributed by atoms with Gasteiger partial charge in [-0.25, -0.2) is 0 Å². The number of fused-ring (bicyclic) bond motifs is 1. The van der Waals surface area contributed by atoms with E-state index >= 15 is 0 Å². The summed E-state index contributed by atoms with van der Waals surface area (Å²) in [6.07, 6.45) is 4.66. The van der Waals surface area contributed by atoms with Crippen LogP contribution in [0.3, 0.4) is 0 Å². The van der Waals surface area contributed by atoms with Gasteiger partial charge in [-0.05, 0) is 61.1 Å². The first kappa shape index (κ1) is 20.6. The van der Waals surface area contributed by atoms with E-state index in [1.165, 1.54) is 31.6 Å². The van der Waals surface area contributed by atoms with E-state index in [9.17, 15) is 14.4 Å². The molecule has 6 heteroatoms. The number of rotatable bonds is 7. The Morgan fingerprint density at radius 1 is 0.931 bits per heavy atom. The van der Waals surface area contributed by atoms with Crippen LogP contribution in [0.1, 0.15) is 54.1 Å². The molecule has 3 rings (SSSR count). The molecule has 0 unspecified atom stereocenters. The standard InChI is InChI=1S/C23H26N2O4/c1-15(26)24-19-9-11-22(29-2)20(14-19)25-23(28)12-10-21(27)18-8-7-16-5-3-4-6-17(16)13-18/h7-9,11,13-14H,3-6,10,12H2,1-2H3,(H,24,26)(H,25,28). The number of hydrogen-bond donors (Lipinski definition) is 2.